The van der Waals surface area contributed by atoms with E-state index in [4.69, 9.17) is 0 Å². The minimum absolute atomic E-state index is 0.0812. The van der Waals surface area contributed by atoms with Gasteiger partial charge in [-0.25, -0.2) is 12.8 Å². The van der Waals surface area contributed by atoms with Gasteiger partial charge in [-0.05, 0) is 31.2 Å². The van der Waals surface area contributed by atoms with E-state index in [1.807, 2.05) is 0 Å². The third-order valence-electron chi connectivity index (χ3n) is 2.27. The van der Waals surface area contributed by atoms with Gasteiger partial charge in [0.25, 0.3) is 0 Å². The van der Waals surface area contributed by atoms with Crippen LogP contribution in [-0.4, -0.2) is 39.4 Å². The fourth-order valence-corrected chi connectivity index (χ4v) is 2.55. The van der Waals surface area contributed by atoms with Crippen LogP contribution in [0.4, 0.5) is 4.39 Å². The van der Waals surface area contributed by atoms with Gasteiger partial charge in [-0.15, -0.1) is 0 Å². The van der Waals surface area contributed by atoms with Crippen LogP contribution in [0.25, 0.3) is 0 Å². The zero-order valence-electron chi connectivity index (χ0n) is 10.3. The van der Waals surface area contributed by atoms with E-state index in [9.17, 15) is 17.6 Å². The molecule has 5 nitrogen and oxygen atoms in total. The maximum Gasteiger partial charge on any atom is 0.241 e. The fourth-order valence-electron chi connectivity index (χ4n) is 1.35. The number of halogens is 1. The summed E-state index contributed by atoms with van der Waals surface area (Å²) >= 11 is 0. The highest BCUT2D eigenvalue weighted by atomic mass is 32.2. The number of hydrogen-bond acceptors (Lipinski definition) is 3. The van der Waals surface area contributed by atoms with E-state index in [-0.39, 0.29) is 10.8 Å². The molecule has 100 valence electrons. The lowest BCUT2D eigenvalue weighted by atomic mass is 10.3. The summed E-state index contributed by atoms with van der Waals surface area (Å²) in [6.45, 7) is 1.45. The summed E-state index contributed by atoms with van der Waals surface area (Å²) in [7, 11) is -0.753. The summed E-state index contributed by atoms with van der Waals surface area (Å²) in [6, 6.07) is 3.50. The topological polar surface area (TPSA) is 66.5 Å². The molecule has 1 aromatic carbocycles. The minimum Gasteiger partial charge on any atom is -0.347 e. The van der Waals surface area contributed by atoms with Crippen molar-refractivity contribution in [1.82, 2.24) is 9.62 Å². The molecule has 1 amide bonds. The van der Waals surface area contributed by atoms with E-state index in [0.717, 1.165) is 24.3 Å². The van der Waals surface area contributed by atoms with Crippen LogP contribution in [0.5, 0.6) is 0 Å². The average Bonchev–Trinajstić information content (AvgIpc) is 2.27. The number of benzene rings is 1. The second kappa shape index (κ2) is 5.45. The van der Waals surface area contributed by atoms with Crippen LogP contribution in [0.2, 0.25) is 0 Å². The van der Waals surface area contributed by atoms with Crippen molar-refractivity contribution in [3.8, 4) is 0 Å². The van der Waals surface area contributed by atoms with Gasteiger partial charge in [0.15, 0.2) is 0 Å². The number of sulfonamides is 1. The van der Waals surface area contributed by atoms with Crippen LogP contribution >= 0.6 is 0 Å². The van der Waals surface area contributed by atoms with Gasteiger partial charge in [-0.1, -0.05) is 0 Å². The molecular weight excluding hydrogens is 259 g/mol. The Labute approximate surface area is 106 Å². The first kappa shape index (κ1) is 14.6. The molecule has 0 bridgehead atoms. The molecule has 0 fully saturated rings. The average molecular weight is 274 g/mol. The normalized spacial score (nSPS) is 13.1. The van der Waals surface area contributed by atoms with Crippen molar-refractivity contribution in [3.05, 3.63) is 30.1 Å². The molecule has 1 rings (SSSR count). The molecule has 0 heterocycles. The number of nitrogens with zero attached hydrogens (tertiary/aromatic N) is 1. The maximum atomic E-state index is 12.7. The number of amides is 1. The Morgan fingerprint density at radius 1 is 1.28 bits per heavy atom. The summed E-state index contributed by atoms with van der Waals surface area (Å²) < 4.78 is 38.7. The van der Waals surface area contributed by atoms with Crippen molar-refractivity contribution in [2.24, 2.45) is 0 Å². The summed E-state index contributed by atoms with van der Waals surface area (Å²) in [4.78, 5) is 12.8. The molecule has 0 aliphatic rings. The van der Waals surface area contributed by atoms with Gasteiger partial charge < -0.3 is 4.90 Å². The number of rotatable bonds is 4. The molecule has 0 aromatic heterocycles. The van der Waals surface area contributed by atoms with Crippen molar-refractivity contribution in [2.75, 3.05) is 14.1 Å². The van der Waals surface area contributed by atoms with E-state index in [1.54, 1.807) is 0 Å². The summed E-state index contributed by atoms with van der Waals surface area (Å²) in [5.41, 5.74) is 0. The van der Waals surface area contributed by atoms with Gasteiger partial charge in [0, 0.05) is 14.1 Å². The Kier molecular flexibility index (Phi) is 4.42. The highest BCUT2D eigenvalue weighted by Gasteiger charge is 2.22. The van der Waals surface area contributed by atoms with E-state index in [0.29, 0.717) is 0 Å². The standard InChI is InChI=1S/C11H15FN2O3S/c1-8(11(15)14(2)3)13-18(16,17)10-6-4-9(12)5-7-10/h4-8,13H,1-3H3. The zero-order valence-corrected chi connectivity index (χ0v) is 11.2. The molecule has 1 atom stereocenters. The first-order chi connectivity index (χ1) is 8.24. The van der Waals surface area contributed by atoms with Gasteiger partial charge in [-0.3, -0.25) is 4.79 Å². The Morgan fingerprint density at radius 2 is 1.78 bits per heavy atom. The van der Waals surface area contributed by atoms with Crippen LogP contribution in [-0.2, 0) is 14.8 Å². The smallest absolute Gasteiger partial charge is 0.241 e. The van der Waals surface area contributed by atoms with Crippen molar-refractivity contribution in [2.45, 2.75) is 17.9 Å². The van der Waals surface area contributed by atoms with Gasteiger partial charge in [-0.2, -0.15) is 4.72 Å². The van der Waals surface area contributed by atoms with Gasteiger partial charge >= 0.3 is 0 Å². The summed E-state index contributed by atoms with van der Waals surface area (Å²) in [5.74, 6) is -0.882. The number of nitrogens with one attached hydrogen (secondary N) is 1. The zero-order chi connectivity index (χ0) is 13.9. The lowest BCUT2D eigenvalue weighted by molar-refractivity contribution is -0.130. The highest BCUT2D eigenvalue weighted by Crippen LogP contribution is 2.10. The van der Waals surface area contributed by atoms with Crippen LogP contribution in [0.3, 0.4) is 0 Å². The Bertz CT molecular complexity index is 526. The molecule has 0 radical (unpaired) electrons. The van der Waals surface area contributed by atoms with Crippen molar-refractivity contribution in [1.29, 1.82) is 0 Å². The van der Waals surface area contributed by atoms with Crippen molar-refractivity contribution >= 4 is 15.9 Å². The molecule has 0 aliphatic heterocycles. The van der Waals surface area contributed by atoms with Crippen LogP contribution in [0, 0.1) is 5.82 Å². The SMILES string of the molecule is CC(NS(=O)(=O)c1ccc(F)cc1)C(=O)N(C)C. The summed E-state index contributed by atoms with van der Waals surface area (Å²) in [6.07, 6.45) is 0. The third kappa shape index (κ3) is 3.51. The van der Waals surface area contributed by atoms with Crippen LogP contribution in [0.1, 0.15) is 6.92 Å². The predicted octanol–water partition coefficient (Wildman–Crippen LogP) is 0.581. The minimum atomic E-state index is -3.82. The number of hydrogen-bond donors (Lipinski definition) is 1. The molecular formula is C11H15FN2O3S. The Morgan fingerprint density at radius 3 is 2.22 bits per heavy atom. The molecule has 7 heteroatoms. The van der Waals surface area contributed by atoms with E-state index in [1.165, 1.54) is 25.9 Å². The lowest BCUT2D eigenvalue weighted by Gasteiger charge is -2.18. The number of carbonyl (C=O) groups is 1. The molecule has 0 spiro atoms. The molecule has 0 aliphatic carbocycles. The molecule has 0 saturated heterocycles. The van der Waals surface area contributed by atoms with E-state index < -0.39 is 21.9 Å². The fraction of sp³-hybridized carbons (Fsp3) is 0.364. The molecule has 1 N–H and O–H groups in total. The molecule has 18 heavy (non-hydrogen) atoms. The first-order valence-electron chi connectivity index (χ1n) is 5.23. The Balaban J connectivity index is 2.89. The number of carbonyl (C=O) groups excluding carboxylic acids is 1. The third-order valence-corrected chi connectivity index (χ3v) is 3.82. The van der Waals surface area contributed by atoms with Gasteiger partial charge in [0.05, 0.1) is 10.9 Å². The van der Waals surface area contributed by atoms with Crippen molar-refractivity contribution < 1.29 is 17.6 Å². The molecule has 1 aromatic rings. The predicted molar refractivity (Wildman–Crippen MR) is 64.9 cm³/mol. The summed E-state index contributed by atoms with van der Waals surface area (Å²) in [5, 5.41) is 0. The monoisotopic (exact) mass is 274 g/mol. The molecule has 1 unspecified atom stereocenters. The van der Waals surface area contributed by atoms with Crippen molar-refractivity contribution in [3.63, 3.8) is 0 Å². The largest absolute Gasteiger partial charge is 0.347 e. The van der Waals surface area contributed by atoms with Crippen LogP contribution < -0.4 is 4.72 Å². The Hall–Kier alpha value is -1.47. The van der Waals surface area contributed by atoms with E-state index in [2.05, 4.69) is 4.72 Å². The second-order valence-corrected chi connectivity index (χ2v) is 5.74. The maximum absolute atomic E-state index is 12.7. The first-order valence-corrected chi connectivity index (χ1v) is 6.71. The van der Waals surface area contributed by atoms with Gasteiger partial charge in [0.2, 0.25) is 15.9 Å². The quantitative estimate of drug-likeness (QED) is 0.873. The highest BCUT2D eigenvalue weighted by molar-refractivity contribution is 7.89. The van der Waals surface area contributed by atoms with E-state index >= 15 is 0 Å². The molecule has 0 saturated carbocycles. The lowest BCUT2D eigenvalue weighted by Crippen LogP contribution is -2.44. The van der Waals surface area contributed by atoms with Gasteiger partial charge in [0.1, 0.15) is 5.82 Å². The second-order valence-electron chi connectivity index (χ2n) is 4.03. The number of likely N-dealkylation sites (N-methyl/N-ethyl adjacent to an activating group) is 1. The van der Waals surface area contributed by atoms with Crippen LogP contribution in [0.15, 0.2) is 29.2 Å².